The molecule has 0 saturated carbocycles. The molecule has 5 nitrogen and oxygen atoms in total. The van der Waals surface area contributed by atoms with Gasteiger partial charge in [-0.25, -0.2) is 0 Å². The van der Waals surface area contributed by atoms with E-state index in [4.69, 9.17) is 9.47 Å². The third-order valence-corrected chi connectivity index (χ3v) is 6.68. The van der Waals surface area contributed by atoms with Crippen LogP contribution in [0.2, 0.25) is 0 Å². The number of amides is 1. The molecule has 1 aromatic carbocycles. The van der Waals surface area contributed by atoms with Crippen molar-refractivity contribution in [1.29, 1.82) is 0 Å². The molecule has 0 N–H and O–H groups in total. The second-order valence-electron chi connectivity index (χ2n) is 7.82. The number of benzene rings is 1. The molecule has 3 heterocycles. The summed E-state index contributed by atoms with van der Waals surface area (Å²) in [4.78, 5) is 28.8. The van der Waals surface area contributed by atoms with Gasteiger partial charge >= 0.3 is 5.97 Å². The molecule has 0 aliphatic carbocycles. The summed E-state index contributed by atoms with van der Waals surface area (Å²) >= 11 is 1.57. The van der Waals surface area contributed by atoms with Gasteiger partial charge in [0.25, 0.3) is 0 Å². The molecule has 1 amide bonds. The fourth-order valence-corrected chi connectivity index (χ4v) is 5.04. The third kappa shape index (κ3) is 4.54. The summed E-state index contributed by atoms with van der Waals surface area (Å²) in [5.41, 5.74) is 1.96. The number of carbonyl (C=O) groups excluding carboxylic acids is 2. The number of esters is 1. The van der Waals surface area contributed by atoms with Crippen molar-refractivity contribution in [2.75, 3.05) is 18.1 Å². The van der Waals surface area contributed by atoms with Crippen molar-refractivity contribution in [1.82, 2.24) is 0 Å². The maximum absolute atomic E-state index is 13.1. The van der Waals surface area contributed by atoms with Gasteiger partial charge in [-0.15, -0.1) is 11.3 Å². The van der Waals surface area contributed by atoms with Gasteiger partial charge in [0.1, 0.15) is 6.61 Å². The Bertz CT molecular complexity index is 827. The van der Waals surface area contributed by atoms with Gasteiger partial charge in [0.05, 0.1) is 18.1 Å². The molecule has 2 aliphatic rings. The van der Waals surface area contributed by atoms with Gasteiger partial charge in [0.15, 0.2) is 0 Å². The number of thiophene rings is 1. The SMILES string of the molecule is Cc1ccc(N2C(=O)CC[C@@H](C(=O)OC[C@@H]3CCCCO3)[C@@H]2c2cccs2)cc1. The van der Waals surface area contributed by atoms with Crippen molar-refractivity contribution in [2.24, 2.45) is 5.92 Å². The molecule has 4 rings (SSSR count). The maximum atomic E-state index is 13.1. The van der Waals surface area contributed by atoms with Gasteiger partial charge in [-0.1, -0.05) is 23.8 Å². The summed E-state index contributed by atoms with van der Waals surface area (Å²) in [6.07, 6.45) is 3.95. The number of rotatable bonds is 5. The monoisotopic (exact) mass is 413 g/mol. The van der Waals surface area contributed by atoms with Gasteiger partial charge < -0.3 is 14.4 Å². The van der Waals surface area contributed by atoms with Crippen molar-refractivity contribution in [3.63, 3.8) is 0 Å². The Balaban J connectivity index is 1.57. The van der Waals surface area contributed by atoms with E-state index in [9.17, 15) is 9.59 Å². The van der Waals surface area contributed by atoms with Crippen LogP contribution >= 0.6 is 11.3 Å². The Morgan fingerprint density at radius 2 is 2.03 bits per heavy atom. The molecular formula is C23H27NO4S. The number of carbonyl (C=O) groups is 2. The first-order valence-electron chi connectivity index (χ1n) is 10.3. The molecule has 2 fully saturated rings. The van der Waals surface area contributed by atoms with Gasteiger partial charge in [0, 0.05) is 23.6 Å². The zero-order valence-corrected chi connectivity index (χ0v) is 17.5. The summed E-state index contributed by atoms with van der Waals surface area (Å²) in [6.45, 7) is 3.05. The van der Waals surface area contributed by atoms with Crippen LogP contribution in [0.4, 0.5) is 5.69 Å². The van der Waals surface area contributed by atoms with Crippen LogP contribution in [0, 0.1) is 12.8 Å². The normalized spacial score (nSPS) is 25.1. The minimum atomic E-state index is -0.378. The van der Waals surface area contributed by atoms with Gasteiger partial charge in [-0.2, -0.15) is 0 Å². The summed E-state index contributed by atoms with van der Waals surface area (Å²) in [5, 5.41) is 1.99. The first-order valence-corrected chi connectivity index (χ1v) is 11.2. The molecule has 29 heavy (non-hydrogen) atoms. The molecule has 0 spiro atoms. The van der Waals surface area contributed by atoms with Crippen LogP contribution in [0.5, 0.6) is 0 Å². The van der Waals surface area contributed by atoms with Gasteiger partial charge in [-0.05, 0) is 56.2 Å². The van der Waals surface area contributed by atoms with E-state index in [0.717, 1.165) is 42.0 Å². The number of hydrogen-bond acceptors (Lipinski definition) is 5. The van der Waals surface area contributed by atoms with Crippen LogP contribution in [0.3, 0.4) is 0 Å². The van der Waals surface area contributed by atoms with Crippen molar-refractivity contribution in [3.05, 3.63) is 52.2 Å². The molecular weight excluding hydrogens is 386 g/mol. The highest BCUT2D eigenvalue weighted by Crippen LogP contribution is 2.42. The van der Waals surface area contributed by atoms with Gasteiger partial charge in [-0.3, -0.25) is 9.59 Å². The Morgan fingerprint density at radius 1 is 1.21 bits per heavy atom. The van der Waals surface area contributed by atoms with E-state index < -0.39 is 0 Å². The highest BCUT2D eigenvalue weighted by atomic mass is 32.1. The van der Waals surface area contributed by atoms with E-state index in [1.165, 1.54) is 0 Å². The molecule has 0 unspecified atom stereocenters. The maximum Gasteiger partial charge on any atom is 0.311 e. The minimum absolute atomic E-state index is 0.00804. The lowest BCUT2D eigenvalue weighted by atomic mass is 9.87. The highest BCUT2D eigenvalue weighted by Gasteiger charge is 2.43. The van der Waals surface area contributed by atoms with E-state index >= 15 is 0 Å². The molecule has 2 aromatic rings. The summed E-state index contributed by atoms with van der Waals surface area (Å²) in [5.74, 6) is -0.564. The third-order valence-electron chi connectivity index (χ3n) is 5.73. The molecule has 6 heteroatoms. The first-order chi connectivity index (χ1) is 14.1. The number of hydrogen-bond donors (Lipinski definition) is 0. The Hall–Kier alpha value is -2.18. The minimum Gasteiger partial charge on any atom is -0.463 e. The Morgan fingerprint density at radius 3 is 2.72 bits per heavy atom. The predicted octanol–water partition coefficient (Wildman–Crippen LogP) is 4.65. The van der Waals surface area contributed by atoms with E-state index in [1.54, 1.807) is 16.2 Å². The van der Waals surface area contributed by atoms with Crippen molar-refractivity contribution >= 4 is 28.9 Å². The van der Waals surface area contributed by atoms with Crippen LogP contribution in [0.1, 0.15) is 48.6 Å². The first kappa shape index (κ1) is 20.1. The number of ether oxygens (including phenoxy) is 2. The standard InChI is InChI=1S/C23H27NO4S/c1-16-7-9-17(10-8-16)24-21(25)12-11-19(22(24)20-6-4-14-29-20)23(26)28-15-18-5-2-3-13-27-18/h4,6-10,14,18-19,22H,2-3,5,11-13,15H2,1H3/t18-,19+,22+/m0/s1. The second kappa shape index (κ2) is 9.09. The lowest BCUT2D eigenvalue weighted by molar-refractivity contribution is -0.156. The van der Waals surface area contributed by atoms with Crippen LogP contribution in [0.25, 0.3) is 0 Å². The van der Waals surface area contributed by atoms with E-state index in [2.05, 4.69) is 0 Å². The number of nitrogens with zero attached hydrogens (tertiary/aromatic N) is 1. The fraction of sp³-hybridized carbons (Fsp3) is 0.478. The average Bonchev–Trinajstić information content (AvgIpc) is 3.28. The Labute approximate surface area is 175 Å². The molecule has 3 atom stereocenters. The number of anilines is 1. The van der Waals surface area contributed by atoms with Crippen LogP contribution < -0.4 is 4.90 Å². The second-order valence-corrected chi connectivity index (χ2v) is 8.80. The summed E-state index contributed by atoms with van der Waals surface area (Å²) in [6, 6.07) is 11.5. The van der Waals surface area contributed by atoms with Crippen molar-refractivity contribution in [3.8, 4) is 0 Å². The average molecular weight is 414 g/mol. The molecule has 0 radical (unpaired) electrons. The van der Waals surface area contributed by atoms with Crippen molar-refractivity contribution in [2.45, 2.75) is 51.2 Å². The van der Waals surface area contributed by atoms with Crippen LogP contribution in [0.15, 0.2) is 41.8 Å². The number of aryl methyl sites for hydroxylation is 1. The lowest BCUT2D eigenvalue weighted by Crippen LogP contribution is -2.46. The van der Waals surface area contributed by atoms with E-state index in [1.807, 2.05) is 48.7 Å². The van der Waals surface area contributed by atoms with E-state index in [-0.39, 0.29) is 29.9 Å². The predicted molar refractivity (Wildman–Crippen MR) is 113 cm³/mol. The Kier molecular flexibility index (Phi) is 6.31. The largest absolute Gasteiger partial charge is 0.463 e. The zero-order chi connectivity index (χ0) is 20.2. The van der Waals surface area contributed by atoms with Crippen LogP contribution in [-0.2, 0) is 19.1 Å². The molecule has 2 aliphatic heterocycles. The van der Waals surface area contributed by atoms with Crippen molar-refractivity contribution < 1.29 is 19.1 Å². The smallest absolute Gasteiger partial charge is 0.311 e. The lowest BCUT2D eigenvalue weighted by Gasteiger charge is -2.39. The zero-order valence-electron chi connectivity index (χ0n) is 16.7. The topological polar surface area (TPSA) is 55.8 Å². The molecule has 0 bridgehead atoms. The highest BCUT2D eigenvalue weighted by molar-refractivity contribution is 7.10. The molecule has 2 saturated heterocycles. The molecule has 154 valence electrons. The quantitative estimate of drug-likeness (QED) is 0.670. The number of piperidine rings is 1. The molecule has 1 aromatic heterocycles. The van der Waals surface area contributed by atoms with Crippen LogP contribution in [-0.4, -0.2) is 31.2 Å². The van der Waals surface area contributed by atoms with E-state index in [0.29, 0.717) is 19.4 Å². The van der Waals surface area contributed by atoms with Gasteiger partial charge in [0.2, 0.25) is 5.91 Å². The summed E-state index contributed by atoms with van der Waals surface area (Å²) in [7, 11) is 0. The fourth-order valence-electron chi connectivity index (χ4n) is 4.16. The summed E-state index contributed by atoms with van der Waals surface area (Å²) < 4.78 is 11.4.